The number of ether oxygens (including phenoxy) is 1. The van der Waals surface area contributed by atoms with Gasteiger partial charge in [0.1, 0.15) is 11.4 Å². The lowest BCUT2D eigenvalue weighted by Crippen LogP contribution is -2.45. The molecule has 0 unspecified atom stereocenters. The third-order valence-corrected chi connectivity index (χ3v) is 11.5. The summed E-state index contributed by atoms with van der Waals surface area (Å²) >= 11 is 0. The van der Waals surface area contributed by atoms with Crippen molar-refractivity contribution >= 4 is 37.4 Å². The average Bonchev–Trinajstić information content (AvgIpc) is 3.24. The molecule has 41 heavy (non-hydrogen) atoms. The summed E-state index contributed by atoms with van der Waals surface area (Å²) < 4.78 is 130. The minimum atomic E-state index is -4.56. The highest BCUT2D eigenvalue weighted by molar-refractivity contribution is 7.93. The van der Waals surface area contributed by atoms with Gasteiger partial charge in [0.15, 0.2) is 24.4 Å². The number of nitrogens with one attached hydrogen (secondary N) is 1. The van der Waals surface area contributed by atoms with E-state index in [0.717, 1.165) is 27.7 Å². The summed E-state index contributed by atoms with van der Waals surface area (Å²) in [6.45, 7) is 6.59. The zero-order valence-electron chi connectivity index (χ0n) is 23.3. The Morgan fingerprint density at radius 2 is 1.27 bits per heavy atom. The lowest BCUT2D eigenvalue weighted by molar-refractivity contribution is -0.147. The van der Waals surface area contributed by atoms with E-state index in [1.54, 1.807) is 0 Å². The van der Waals surface area contributed by atoms with Crippen molar-refractivity contribution in [2.75, 3.05) is 23.4 Å². The summed E-state index contributed by atoms with van der Waals surface area (Å²) in [7, 11) is -8.64. The maximum Gasteiger partial charge on any atom is 0.389 e. The first-order valence-corrected chi connectivity index (χ1v) is 15.5. The van der Waals surface area contributed by atoms with Crippen LogP contribution < -0.4 is 5.32 Å². The quantitative estimate of drug-likeness (QED) is 0.228. The lowest BCUT2D eigenvalue weighted by atomic mass is 9.90. The predicted molar refractivity (Wildman–Crippen MR) is 135 cm³/mol. The molecule has 0 aliphatic heterocycles. The van der Waals surface area contributed by atoms with Crippen LogP contribution in [0.15, 0.2) is 10.6 Å². The molecule has 0 spiro atoms. The highest BCUT2D eigenvalue weighted by Crippen LogP contribution is 2.30. The third-order valence-electron chi connectivity index (χ3n) is 6.34. The number of anilines is 1. The normalized spacial score (nSPS) is 14.1. The van der Waals surface area contributed by atoms with Gasteiger partial charge >= 0.3 is 18.3 Å². The highest BCUT2D eigenvalue weighted by atomic mass is 32.2. The summed E-state index contributed by atoms with van der Waals surface area (Å²) in [5.41, 5.74) is -1.07. The van der Waals surface area contributed by atoms with Crippen molar-refractivity contribution in [2.24, 2.45) is 0 Å². The van der Waals surface area contributed by atoms with E-state index >= 15 is 0 Å². The van der Waals surface area contributed by atoms with Crippen LogP contribution >= 0.6 is 0 Å². The van der Waals surface area contributed by atoms with Gasteiger partial charge in [-0.3, -0.25) is 14.9 Å². The van der Waals surface area contributed by atoms with Crippen molar-refractivity contribution in [2.45, 2.75) is 94.5 Å². The molecule has 1 amide bonds. The van der Waals surface area contributed by atoms with Crippen LogP contribution in [0.3, 0.4) is 0 Å². The largest absolute Gasteiger partial charge is 0.464 e. The monoisotopic (exact) mass is 644 g/mol. The van der Waals surface area contributed by atoms with Gasteiger partial charge in [0.2, 0.25) is 11.8 Å². The second-order valence-corrected chi connectivity index (χ2v) is 16.4. The molecule has 1 rings (SSSR count). The highest BCUT2D eigenvalue weighted by Gasteiger charge is 2.45. The van der Waals surface area contributed by atoms with E-state index in [4.69, 9.17) is 9.26 Å². The Hall–Kier alpha value is -2.37. The SMILES string of the molecule is CC(C)(COC(=O)C(C)(C)S(=O)(=O)CCCC(F)(F)F)c1cc(NC(=O)C(C)(C)S(=O)(=O)CCCC(F)(F)F)on1. The van der Waals surface area contributed by atoms with Gasteiger partial charge in [0.25, 0.3) is 0 Å². The third kappa shape index (κ3) is 10.1. The summed E-state index contributed by atoms with van der Waals surface area (Å²) in [4.78, 5) is 25.3. The first kappa shape index (κ1) is 36.7. The number of alkyl halides is 6. The van der Waals surface area contributed by atoms with Crippen LogP contribution in [0.5, 0.6) is 0 Å². The minimum absolute atomic E-state index is 0.0808. The fourth-order valence-corrected chi connectivity index (χ4v) is 5.83. The molecule has 238 valence electrons. The van der Waals surface area contributed by atoms with Gasteiger partial charge in [-0.25, -0.2) is 16.8 Å². The van der Waals surface area contributed by atoms with Crippen LogP contribution in [0.4, 0.5) is 32.2 Å². The molecule has 1 aromatic heterocycles. The van der Waals surface area contributed by atoms with E-state index < -0.39 is 103 Å². The summed E-state index contributed by atoms with van der Waals surface area (Å²) in [5.74, 6) is -4.42. The van der Waals surface area contributed by atoms with Crippen LogP contribution in [0.1, 0.15) is 72.9 Å². The van der Waals surface area contributed by atoms with E-state index in [9.17, 15) is 52.8 Å². The van der Waals surface area contributed by atoms with Crippen molar-refractivity contribution in [3.63, 3.8) is 0 Å². The number of nitrogens with zero attached hydrogens (tertiary/aromatic N) is 1. The number of hydrogen-bond acceptors (Lipinski definition) is 9. The second kappa shape index (κ2) is 12.5. The molecular formula is C23H34F6N2O8S2. The van der Waals surface area contributed by atoms with Gasteiger partial charge in [-0.15, -0.1) is 0 Å². The second-order valence-electron chi connectivity index (χ2n) is 11.1. The molecule has 0 aromatic carbocycles. The van der Waals surface area contributed by atoms with Gasteiger partial charge < -0.3 is 9.26 Å². The summed E-state index contributed by atoms with van der Waals surface area (Å²) in [6.07, 6.45) is -13.2. The van der Waals surface area contributed by atoms with Gasteiger partial charge in [-0.1, -0.05) is 19.0 Å². The molecular weight excluding hydrogens is 610 g/mol. The smallest absolute Gasteiger partial charge is 0.389 e. The van der Waals surface area contributed by atoms with E-state index in [-0.39, 0.29) is 11.6 Å². The molecule has 0 atom stereocenters. The van der Waals surface area contributed by atoms with Crippen molar-refractivity contribution < 1.29 is 62.0 Å². The number of carbonyl (C=O) groups excluding carboxylic acids is 2. The van der Waals surface area contributed by atoms with Gasteiger partial charge in [-0.2, -0.15) is 26.3 Å². The Labute approximate surface area is 234 Å². The average molecular weight is 645 g/mol. The number of amides is 1. The molecule has 1 heterocycles. The molecule has 1 N–H and O–H groups in total. The summed E-state index contributed by atoms with van der Waals surface area (Å²) in [6, 6.07) is 1.18. The minimum Gasteiger partial charge on any atom is -0.464 e. The maximum atomic E-state index is 12.7. The van der Waals surface area contributed by atoms with Crippen LogP contribution in [0, 0.1) is 0 Å². The molecule has 10 nitrogen and oxygen atoms in total. The fourth-order valence-electron chi connectivity index (χ4n) is 3.11. The first-order valence-electron chi connectivity index (χ1n) is 12.2. The molecule has 0 bridgehead atoms. The number of hydrogen-bond donors (Lipinski definition) is 1. The molecule has 0 fully saturated rings. The maximum absolute atomic E-state index is 12.7. The van der Waals surface area contributed by atoms with Gasteiger partial charge in [0.05, 0.1) is 17.2 Å². The molecule has 18 heteroatoms. The van der Waals surface area contributed by atoms with Gasteiger partial charge in [-0.05, 0) is 40.5 Å². The Bertz CT molecular complexity index is 1300. The molecule has 0 saturated carbocycles. The van der Waals surface area contributed by atoms with Crippen molar-refractivity contribution in [1.29, 1.82) is 0 Å². The van der Waals surface area contributed by atoms with Crippen LogP contribution in [-0.2, 0) is 39.4 Å². The molecule has 0 aliphatic rings. The fraction of sp³-hybridized carbons (Fsp3) is 0.783. The number of rotatable bonds is 14. The van der Waals surface area contributed by atoms with E-state index in [0.29, 0.717) is 0 Å². The Balaban J connectivity index is 2.88. The van der Waals surface area contributed by atoms with E-state index in [2.05, 4.69) is 10.5 Å². The van der Waals surface area contributed by atoms with Gasteiger partial charge in [0, 0.05) is 24.3 Å². The van der Waals surface area contributed by atoms with Crippen molar-refractivity contribution in [3.05, 3.63) is 11.8 Å². The zero-order chi connectivity index (χ0) is 32.3. The molecule has 0 radical (unpaired) electrons. The van der Waals surface area contributed by atoms with E-state index in [1.807, 2.05) is 0 Å². The number of carbonyl (C=O) groups is 2. The lowest BCUT2D eigenvalue weighted by Gasteiger charge is -2.27. The Morgan fingerprint density at radius 3 is 1.71 bits per heavy atom. The molecule has 0 saturated heterocycles. The van der Waals surface area contributed by atoms with E-state index in [1.165, 1.54) is 19.9 Å². The zero-order valence-corrected chi connectivity index (χ0v) is 25.0. The number of halogens is 6. The van der Waals surface area contributed by atoms with Crippen molar-refractivity contribution in [1.82, 2.24) is 5.16 Å². The van der Waals surface area contributed by atoms with Crippen LogP contribution in [0.25, 0.3) is 0 Å². The topological polar surface area (TPSA) is 150 Å². The predicted octanol–water partition coefficient (Wildman–Crippen LogP) is 4.51. The Morgan fingerprint density at radius 1 is 0.829 bits per heavy atom. The summed E-state index contributed by atoms with van der Waals surface area (Å²) in [5, 5.41) is 5.92. The number of esters is 1. The van der Waals surface area contributed by atoms with Crippen LogP contribution in [-0.4, -0.2) is 73.8 Å². The van der Waals surface area contributed by atoms with Crippen molar-refractivity contribution in [3.8, 4) is 0 Å². The molecule has 1 aromatic rings. The first-order chi connectivity index (χ1) is 18.1. The number of sulfone groups is 2. The molecule has 0 aliphatic carbocycles. The Kier molecular flexibility index (Phi) is 11.1. The standard InChI is InChI=1S/C23H34F6N2O8S2/c1-19(2,14-38-18(33)21(5,6)41(36,37)12-8-10-23(27,28)29)15-13-16(39-31-15)30-17(32)20(3,4)40(34,35)11-7-9-22(24,25)26/h13H,7-12,14H2,1-6H3,(H,30,32). The van der Waals surface area contributed by atoms with Crippen LogP contribution in [0.2, 0.25) is 0 Å². The number of aromatic nitrogens is 1.